The van der Waals surface area contributed by atoms with Crippen LogP contribution in [0.3, 0.4) is 0 Å². The van der Waals surface area contributed by atoms with Crippen LogP contribution in [-0.2, 0) is 7.05 Å². The number of H-pyrrole nitrogens is 1. The molecule has 0 aliphatic heterocycles. The largest absolute Gasteiger partial charge is 0.326 e. The van der Waals surface area contributed by atoms with Crippen molar-refractivity contribution in [3.05, 3.63) is 81.5 Å². The Labute approximate surface area is 188 Å². The SMILES string of the molecule is Cn1c(=O)[nH]c2cc3c(cc21)nc1c2ccc4sc5ccccc5c5ccc(c(=O)n31)c2c45. The molecule has 0 aliphatic rings. The molecular weight excluding hydrogens is 432 g/mol. The maximum atomic E-state index is 13.8. The van der Waals surface area contributed by atoms with Crippen LogP contribution in [0.2, 0.25) is 0 Å². The number of aromatic nitrogens is 4. The van der Waals surface area contributed by atoms with Crippen molar-refractivity contribution in [3.63, 3.8) is 0 Å². The van der Waals surface area contributed by atoms with Crippen molar-refractivity contribution in [1.29, 1.82) is 0 Å². The van der Waals surface area contributed by atoms with Gasteiger partial charge in [0.15, 0.2) is 0 Å². The average Bonchev–Trinajstić information content (AvgIpc) is 3.34. The van der Waals surface area contributed by atoms with E-state index in [1.807, 2.05) is 18.2 Å². The molecule has 4 aromatic carbocycles. The van der Waals surface area contributed by atoms with Gasteiger partial charge in [0.2, 0.25) is 0 Å². The number of fused-ring (bicyclic) bond motifs is 7. The summed E-state index contributed by atoms with van der Waals surface area (Å²) < 4.78 is 5.63. The third-order valence-corrected chi connectivity index (χ3v) is 8.01. The van der Waals surface area contributed by atoms with Crippen LogP contribution < -0.4 is 11.2 Å². The fourth-order valence-electron chi connectivity index (χ4n) is 5.34. The smallest absolute Gasteiger partial charge is 0.305 e. The van der Waals surface area contributed by atoms with E-state index in [2.05, 4.69) is 47.4 Å². The number of nitrogens with zero attached hydrogens (tertiary/aromatic N) is 3. The highest BCUT2D eigenvalue weighted by molar-refractivity contribution is 7.25. The van der Waals surface area contributed by atoms with Crippen LogP contribution in [0, 0.1) is 0 Å². The zero-order valence-corrected chi connectivity index (χ0v) is 18.2. The van der Waals surface area contributed by atoms with Crippen molar-refractivity contribution in [2.24, 2.45) is 7.05 Å². The van der Waals surface area contributed by atoms with Gasteiger partial charge in [0.25, 0.3) is 5.56 Å². The number of pyridine rings is 1. The summed E-state index contributed by atoms with van der Waals surface area (Å²) in [5, 5.41) is 6.08. The highest BCUT2D eigenvalue weighted by Gasteiger charge is 2.20. The molecule has 0 fully saturated rings. The van der Waals surface area contributed by atoms with Gasteiger partial charge in [-0.3, -0.25) is 13.8 Å². The highest BCUT2D eigenvalue weighted by Crippen LogP contribution is 2.41. The molecule has 0 atom stereocenters. The Morgan fingerprint density at radius 1 is 0.818 bits per heavy atom. The summed E-state index contributed by atoms with van der Waals surface area (Å²) in [4.78, 5) is 33.6. The Balaban J connectivity index is 1.66. The first-order valence-corrected chi connectivity index (χ1v) is 11.4. The molecule has 0 saturated heterocycles. The Kier molecular flexibility index (Phi) is 2.93. The minimum atomic E-state index is -0.190. The predicted octanol–water partition coefficient (Wildman–Crippen LogP) is 5.14. The molecule has 156 valence electrons. The third kappa shape index (κ3) is 1.97. The van der Waals surface area contributed by atoms with Crippen molar-refractivity contribution in [1.82, 2.24) is 18.9 Å². The molecule has 4 aromatic heterocycles. The van der Waals surface area contributed by atoms with Gasteiger partial charge >= 0.3 is 5.69 Å². The first kappa shape index (κ1) is 17.3. The third-order valence-electron chi connectivity index (χ3n) is 6.87. The summed E-state index contributed by atoms with van der Waals surface area (Å²) in [5.74, 6) is 0. The van der Waals surface area contributed by atoms with E-state index in [0.29, 0.717) is 27.6 Å². The molecule has 0 unspecified atom stereocenters. The van der Waals surface area contributed by atoms with E-state index in [1.165, 1.54) is 10.1 Å². The van der Waals surface area contributed by atoms with Gasteiger partial charge in [0.1, 0.15) is 5.65 Å². The quantitative estimate of drug-likeness (QED) is 0.259. The molecule has 7 heteroatoms. The molecule has 0 saturated carbocycles. The fourth-order valence-corrected chi connectivity index (χ4v) is 6.46. The number of hydrogen-bond acceptors (Lipinski definition) is 4. The van der Waals surface area contributed by atoms with E-state index >= 15 is 0 Å². The molecule has 33 heavy (non-hydrogen) atoms. The van der Waals surface area contributed by atoms with Crippen LogP contribution in [-0.4, -0.2) is 18.9 Å². The lowest BCUT2D eigenvalue weighted by Crippen LogP contribution is -2.13. The number of rotatable bonds is 0. The molecule has 6 nitrogen and oxygen atoms in total. The van der Waals surface area contributed by atoms with Gasteiger partial charge < -0.3 is 4.98 Å². The summed E-state index contributed by atoms with van der Waals surface area (Å²) in [7, 11) is 1.72. The standard InChI is InChI=1S/C26H14N4O2S/c1-29-18-10-17-19(11-16(18)28-26(29)32)30-24(27-17)14-8-9-21-23-13(6-7-15(22(14)23)25(30)31)12-4-2-3-5-20(12)33-21/h2-11H,1H3,(H,28,32). The zero-order chi connectivity index (χ0) is 22.0. The monoisotopic (exact) mass is 446 g/mol. The number of hydrogen-bond donors (Lipinski definition) is 1. The average molecular weight is 446 g/mol. The minimum Gasteiger partial charge on any atom is -0.305 e. The number of imidazole rings is 2. The molecular formula is C26H14N4O2S. The minimum absolute atomic E-state index is 0.0924. The Bertz CT molecular complexity index is 2250. The molecule has 8 aromatic rings. The lowest BCUT2D eigenvalue weighted by atomic mass is 9.98. The summed E-state index contributed by atoms with van der Waals surface area (Å²) in [6, 6.07) is 20.3. The second-order valence-electron chi connectivity index (χ2n) is 8.54. The Morgan fingerprint density at radius 2 is 1.64 bits per heavy atom. The maximum Gasteiger partial charge on any atom is 0.326 e. The van der Waals surface area contributed by atoms with Gasteiger partial charge in [0.05, 0.1) is 22.1 Å². The summed E-state index contributed by atoms with van der Waals surface area (Å²) >= 11 is 1.75. The van der Waals surface area contributed by atoms with E-state index < -0.39 is 0 Å². The molecule has 0 amide bonds. The molecule has 0 radical (unpaired) electrons. The summed E-state index contributed by atoms with van der Waals surface area (Å²) in [6.45, 7) is 0. The van der Waals surface area contributed by atoms with Crippen LogP contribution in [0.5, 0.6) is 0 Å². The van der Waals surface area contributed by atoms with Gasteiger partial charge in [0, 0.05) is 38.0 Å². The maximum absolute atomic E-state index is 13.8. The Hall–Kier alpha value is -4.23. The molecule has 1 N–H and O–H groups in total. The van der Waals surface area contributed by atoms with Crippen LogP contribution in [0.15, 0.2) is 70.3 Å². The topological polar surface area (TPSA) is 72.2 Å². The second-order valence-corrected chi connectivity index (χ2v) is 9.63. The normalized spacial score (nSPS) is 12.6. The molecule has 0 bridgehead atoms. The highest BCUT2D eigenvalue weighted by atomic mass is 32.1. The van der Waals surface area contributed by atoms with Gasteiger partial charge in [-0.2, -0.15) is 0 Å². The number of aryl methyl sites for hydroxylation is 1. The van der Waals surface area contributed by atoms with Crippen molar-refractivity contribution in [2.75, 3.05) is 0 Å². The zero-order valence-electron chi connectivity index (χ0n) is 17.3. The van der Waals surface area contributed by atoms with Gasteiger partial charge in [-0.15, -0.1) is 11.3 Å². The van der Waals surface area contributed by atoms with Gasteiger partial charge in [-0.1, -0.05) is 24.3 Å². The second kappa shape index (κ2) is 5.57. The van der Waals surface area contributed by atoms with Gasteiger partial charge in [-0.25, -0.2) is 9.78 Å². The van der Waals surface area contributed by atoms with Crippen molar-refractivity contribution < 1.29 is 0 Å². The Morgan fingerprint density at radius 3 is 2.55 bits per heavy atom. The molecule has 0 aliphatic carbocycles. The van der Waals surface area contributed by atoms with Crippen LogP contribution in [0.4, 0.5) is 0 Å². The van der Waals surface area contributed by atoms with Crippen LogP contribution in [0.1, 0.15) is 0 Å². The van der Waals surface area contributed by atoms with Crippen LogP contribution >= 0.6 is 11.3 Å². The fraction of sp³-hybridized carbons (Fsp3) is 0.0385. The van der Waals surface area contributed by atoms with Gasteiger partial charge in [-0.05, 0) is 47.2 Å². The first-order chi connectivity index (χ1) is 16.1. The lowest BCUT2D eigenvalue weighted by Gasteiger charge is -2.13. The number of aromatic amines is 1. The van der Waals surface area contributed by atoms with Crippen molar-refractivity contribution in [2.45, 2.75) is 0 Å². The van der Waals surface area contributed by atoms with E-state index in [9.17, 15) is 9.59 Å². The van der Waals surface area contributed by atoms with E-state index in [1.54, 1.807) is 27.4 Å². The van der Waals surface area contributed by atoms with Crippen molar-refractivity contribution in [3.8, 4) is 0 Å². The van der Waals surface area contributed by atoms with E-state index in [0.717, 1.165) is 31.8 Å². The summed E-state index contributed by atoms with van der Waals surface area (Å²) in [5.41, 5.74) is 3.21. The van der Waals surface area contributed by atoms with E-state index in [4.69, 9.17) is 4.98 Å². The molecule has 8 rings (SSSR count). The first-order valence-electron chi connectivity index (χ1n) is 10.6. The molecule has 4 heterocycles. The van der Waals surface area contributed by atoms with E-state index in [-0.39, 0.29) is 11.2 Å². The van der Waals surface area contributed by atoms with Crippen molar-refractivity contribution >= 4 is 80.8 Å². The number of benzene rings is 4. The van der Waals surface area contributed by atoms with Crippen LogP contribution in [0.25, 0.3) is 69.4 Å². The lowest BCUT2D eigenvalue weighted by molar-refractivity contribution is 0.892. The molecule has 0 spiro atoms. The number of nitrogens with one attached hydrogen (secondary N) is 1. The predicted molar refractivity (Wildman–Crippen MR) is 135 cm³/mol. The summed E-state index contributed by atoms with van der Waals surface area (Å²) in [6.07, 6.45) is 0.